The number of aromatic nitrogens is 2. The molecule has 0 spiro atoms. The largest absolute Gasteiger partial charge is 0.313 e. The maximum atomic E-state index is 13.0. The maximum Gasteiger partial charge on any atom is 0.209 e. The highest BCUT2D eigenvalue weighted by molar-refractivity contribution is 6.10. The predicted molar refractivity (Wildman–Crippen MR) is 101 cm³/mol. The summed E-state index contributed by atoms with van der Waals surface area (Å²) in [6, 6.07) is 18.4. The Morgan fingerprint density at radius 2 is 1.62 bits per heavy atom. The number of Topliss-reactive ketones (excluding diaryl/α,β-unsaturated/α-hetero) is 1. The van der Waals surface area contributed by atoms with Crippen LogP contribution in [0.25, 0.3) is 16.6 Å². The summed E-state index contributed by atoms with van der Waals surface area (Å²) in [5.41, 5.74) is 4.48. The third-order valence-electron chi connectivity index (χ3n) is 4.44. The number of rotatable bonds is 4. The van der Waals surface area contributed by atoms with Gasteiger partial charge in [0.15, 0.2) is 5.78 Å². The van der Waals surface area contributed by atoms with Gasteiger partial charge in [-0.15, -0.1) is 0 Å². The molecule has 0 unspecified atom stereocenters. The highest BCUT2D eigenvalue weighted by Crippen LogP contribution is 2.29. The number of pyridine rings is 2. The highest BCUT2D eigenvalue weighted by Gasteiger charge is 2.18. The van der Waals surface area contributed by atoms with Crippen molar-refractivity contribution in [2.45, 2.75) is 6.92 Å². The number of carbonyl (C=O) groups is 2. The number of hydrogen-bond donors (Lipinski definition) is 0. The van der Waals surface area contributed by atoms with Crippen molar-refractivity contribution < 1.29 is 9.59 Å². The van der Waals surface area contributed by atoms with Crippen LogP contribution in [-0.4, -0.2) is 21.0 Å². The average molecular weight is 340 g/mol. The molecule has 4 aromatic rings. The predicted octanol–water partition coefficient (Wildman–Crippen LogP) is 4.43. The molecule has 0 bridgehead atoms. The van der Waals surface area contributed by atoms with Crippen molar-refractivity contribution >= 4 is 17.1 Å². The molecule has 0 atom stereocenters. The van der Waals surface area contributed by atoms with Crippen molar-refractivity contribution in [2.75, 3.05) is 0 Å². The number of carbonyl (C=O) groups excluding carboxylic acids is 2. The van der Waals surface area contributed by atoms with Gasteiger partial charge in [0, 0.05) is 35.3 Å². The first-order valence-corrected chi connectivity index (χ1v) is 8.31. The molecule has 1 aromatic carbocycles. The Labute approximate surface area is 150 Å². The van der Waals surface area contributed by atoms with Crippen LogP contribution in [0.2, 0.25) is 0 Å². The first-order chi connectivity index (χ1) is 12.6. The molecule has 0 aliphatic rings. The minimum absolute atomic E-state index is 0.00897. The zero-order valence-electron chi connectivity index (χ0n) is 14.2. The van der Waals surface area contributed by atoms with E-state index in [-0.39, 0.29) is 11.6 Å². The molecular formula is C22H16N2O2. The second-order valence-electron chi connectivity index (χ2n) is 6.10. The molecule has 0 amide bonds. The lowest BCUT2D eigenvalue weighted by atomic mass is 10.1. The number of ketones is 2. The highest BCUT2D eigenvalue weighted by atomic mass is 16.1. The smallest absolute Gasteiger partial charge is 0.209 e. The van der Waals surface area contributed by atoms with Crippen LogP contribution in [0.4, 0.5) is 0 Å². The van der Waals surface area contributed by atoms with Crippen molar-refractivity contribution in [1.82, 2.24) is 9.38 Å². The average Bonchev–Trinajstić information content (AvgIpc) is 3.07. The zero-order valence-corrected chi connectivity index (χ0v) is 14.2. The summed E-state index contributed by atoms with van der Waals surface area (Å²) in [7, 11) is 0. The molecular weight excluding hydrogens is 324 g/mol. The molecule has 0 radical (unpaired) electrons. The van der Waals surface area contributed by atoms with Gasteiger partial charge in [0.05, 0.1) is 11.2 Å². The van der Waals surface area contributed by atoms with Gasteiger partial charge in [0.1, 0.15) is 0 Å². The number of benzene rings is 1. The Kier molecular flexibility index (Phi) is 3.93. The van der Waals surface area contributed by atoms with Crippen molar-refractivity contribution in [3.05, 3.63) is 96.1 Å². The fourth-order valence-electron chi connectivity index (χ4n) is 3.09. The number of nitrogens with zero attached hydrogens (tertiary/aromatic N) is 2. The topological polar surface area (TPSA) is 51.4 Å². The monoisotopic (exact) mass is 340 g/mol. The SMILES string of the molecule is CC(=O)c1ccn2c(C(=O)c3ccccc3)cc(-c3ccncc3)c2c1. The summed E-state index contributed by atoms with van der Waals surface area (Å²) in [5, 5.41) is 0. The fraction of sp³-hybridized carbons (Fsp3) is 0.0455. The third kappa shape index (κ3) is 2.71. The Balaban J connectivity index is 1.97. The normalized spacial score (nSPS) is 10.8. The van der Waals surface area contributed by atoms with Gasteiger partial charge < -0.3 is 4.40 Å². The molecule has 3 heterocycles. The van der Waals surface area contributed by atoms with E-state index in [1.165, 1.54) is 6.92 Å². The van der Waals surface area contributed by atoms with Crippen LogP contribution in [0.5, 0.6) is 0 Å². The summed E-state index contributed by atoms with van der Waals surface area (Å²) in [6.07, 6.45) is 5.21. The number of fused-ring (bicyclic) bond motifs is 1. The van der Waals surface area contributed by atoms with Gasteiger partial charge in [-0.05, 0) is 42.8 Å². The summed E-state index contributed by atoms with van der Waals surface area (Å²) in [5.74, 6) is -0.0678. The fourth-order valence-corrected chi connectivity index (χ4v) is 3.09. The molecule has 4 nitrogen and oxygen atoms in total. The first-order valence-electron chi connectivity index (χ1n) is 8.31. The standard InChI is InChI=1S/C22H16N2O2/c1-15(25)18-9-12-24-20(13-18)19(16-7-10-23-11-8-16)14-21(24)22(26)17-5-3-2-4-6-17/h2-14H,1H3. The van der Waals surface area contributed by atoms with E-state index >= 15 is 0 Å². The summed E-state index contributed by atoms with van der Waals surface area (Å²) in [6.45, 7) is 1.54. The van der Waals surface area contributed by atoms with Gasteiger partial charge in [-0.3, -0.25) is 14.6 Å². The van der Waals surface area contributed by atoms with Crippen LogP contribution in [0, 0.1) is 0 Å². The van der Waals surface area contributed by atoms with Crippen molar-refractivity contribution in [3.8, 4) is 11.1 Å². The Hall–Kier alpha value is -3.53. The maximum absolute atomic E-state index is 13.0. The van der Waals surface area contributed by atoms with E-state index in [4.69, 9.17) is 0 Å². The van der Waals surface area contributed by atoms with Gasteiger partial charge >= 0.3 is 0 Å². The molecule has 4 rings (SSSR count). The van der Waals surface area contributed by atoms with E-state index in [9.17, 15) is 9.59 Å². The molecule has 4 heteroatoms. The molecule has 0 N–H and O–H groups in total. The molecule has 0 saturated carbocycles. The lowest BCUT2D eigenvalue weighted by molar-refractivity contribution is 0.101. The van der Waals surface area contributed by atoms with Gasteiger partial charge in [0.25, 0.3) is 0 Å². The Morgan fingerprint density at radius 1 is 0.885 bits per heavy atom. The third-order valence-corrected chi connectivity index (χ3v) is 4.44. The van der Waals surface area contributed by atoms with Crippen LogP contribution in [-0.2, 0) is 0 Å². The molecule has 26 heavy (non-hydrogen) atoms. The van der Waals surface area contributed by atoms with Gasteiger partial charge in [-0.25, -0.2) is 0 Å². The second kappa shape index (κ2) is 6.41. The van der Waals surface area contributed by atoms with Crippen LogP contribution < -0.4 is 0 Å². The summed E-state index contributed by atoms with van der Waals surface area (Å²) >= 11 is 0. The Morgan fingerprint density at radius 3 is 2.31 bits per heavy atom. The lowest BCUT2D eigenvalue weighted by Gasteiger charge is -2.05. The lowest BCUT2D eigenvalue weighted by Crippen LogP contribution is -2.05. The minimum atomic E-state index is -0.0588. The van der Waals surface area contributed by atoms with Crippen LogP contribution in [0.1, 0.15) is 33.3 Å². The first kappa shape index (κ1) is 16.0. The van der Waals surface area contributed by atoms with E-state index in [1.54, 1.807) is 36.8 Å². The summed E-state index contributed by atoms with van der Waals surface area (Å²) in [4.78, 5) is 28.9. The molecule has 0 aliphatic carbocycles. The van der Waals surface area contributed by atoms with Crippen LogP contribution >= 0.6 is 0 Å². The minimum Gasteiger partial charge on any atom is -0.313 e. The van der Waals surface area contributed by atoms with Gasteiger partial charge in [0.2, 0.25) is 5.78 Å². The summed E-state index contributed by atoms with van der Waals surface area (Å²) < 4.78 is 1.84. The molecule has 0 fully saturated rings. The van der Waals surface area contributed by atoms with Crippen LogP contribution in [0.3, 0.4) is 0 Å². The zero-order chi connectivity index (χ0) is 18.1. The molecule has 0 aliphatic heterocycles. The van der Waals surface area contributed by atoms with Crippen LogP contribution in [0.15, 0.2) is 79.3 Å². The molecule has 0 saturated heterocycles. The molecule has 3 aromatic heterocycles. The van der Waals surface area contributed by atoms with E-state index in [2.05, 4.69) is 4.98 Å². The number of hydrogen-bond acceptors (Lipinski definition) is 3. The molecule has 126 valence electrons. The second-order valence-corrected chi connectivity index (χ2v) is 6.10. The van der Waals surface area contributed by atoms with Gasteiger partial charge in [-0.2, -0.15) is 0 Å². The van der Waals surface area contributed by atoms with E-state index < -0.39 is 0 Å². The van der Waals surface area contributed by atoms with Crippen molar-refractivity contribution in [2.24, 2.45) is 0 Å². The van der Waals surface area contributed by atoms with Gasteiger partial charge in [-0.1, -0.05) is 30.3 Å². The van der Waals surface area contributed by atoms with Crippen molar-refractivity contribution in [1.29, 1.82) is 0 Å². The Bertz CT molecular complexity index is 1110. The van der Waals surface area contributed by atoms with E-state index in [0.29, 0.717) is 16.8 Å². The quantitative estimate of drug-likeness (QED) is 0.516. The van der Waals surface area contributed by atoms with Crippen molar-refractivity contribution in [3.63, 3.8) is 0 Å². The van der Waals surface area contributed by atoms with E-state index in [1.807, 2.05) is 46.9 Å². The van der Waals surface area contributed by atoms with E-state index in [0.717, 1.165) is 16.6 Å².